The fraction of sp³-hybridized carbons (Fsp3) is 0.538. The third kappa shape index (κ3) is 3.42. The molecule has 0 radical (unpaired) electrons. The number of nitrogens with zero attached hydrogens (tertiary/aromatic N) is 2. The number of anilines is 1. The second-order valence-electron chi connectivity index (χ2n) is 5.24. The minimum absolute atomic E-state index is 0.139. The molecule has 6 heteroatoms. The van der Waals surface area contributed by atoms with E-state index in [9.17, 15) is 10.1 Å². The van der Waals surface area contributed by atoms with Gasteiger partial charge in [-0.15, -0.1) is 0 Å². The van der Waals surface area contributed by atoms with Gasteiger partial charge in [0, 0.05) is 35.0 Å². The molecule has 0 atom stereocenters. The Bertz CT molecular complexity index is 494. The Labute approximate surface area is 125 Å². The molecule has 0 spiro atoms. The summed E-state index contributed by atoms with van der Waals surface area (Å²) in [7, 11) is 0. The Balaban J connectivity index is 2.35. The summed E-state index contributed by atoms with van der Waals surface area (Å²) in [6, 6.07) is 5.49. The third-order valence-electron chi connectivity index (χ3n) is 3.16. The Hall–Kier alpha value is -0.750. The summed E-state index contributed by atoms with van der Waals surface area (Å²) in [6.07, 6.45) is 0. The fourth-order valence-electron chi connectivity index (χ4n) is 2.29. The Kier molecular flexibility index (Phi) is 4.40. The number of hydrogen-bond donors (Lipinski definition) is 0. The van der Waals surface area contributed by atoms with Crippen LogP contribution in [0, 0.1) is 10.1 Å². The second kappa shape index (κ2) is 5.71. The summed E-state index contributed by atoms with van der Waals surface area (Å²) in [5.74, 6) is 1.00. The second-order valence-corrected chi connectivity index (χ2v) is 7.61. The maximum absolute atomic E-state index is 11.3. The molecule has 0 aliphatic carbocycles. The molecule has 19 heavy (non-hydrogen) atoms. The molecule has 2 rings (SSSR count). The van der Waals surface area contributed by atoms with Crippen molar-refractivity contribution in [1.29, 1.82) is 0 Å². The van der Waals surface area contributed by atoms with Crippen molar-refractivity contribution in [3.63, 3.8) is 0 Å². The van der Waals surface area contributed by atoms with Gasteiger partial charge in [0.05, 0.1) is 4.92 Å². The van der Waals surface area contributed by atoms with Gasteiger partial charge >= 0.3 is 0 Å². The van der Waals surface area contributed by atoms with E-state index in [1.165, 1.54) is 0 Å². The van der Waals surface area contributed by atoms with E-state index in [0.29, 0.717) is 5.33 Å². The summed E-state index contributed by atoms with van der Waals surface area (Å²) in [5.41, 5.74) is 1.88. The highest BCUT2D eigenvalue weighted by atomic mass is 79.9. The molecule has 1 heterocycles. The summed E-state index contributed by atoms with van der Waals surface area (Å²) < 4.78 is 0.139. The van der Waals surface area contributed by atoms with Gasteiger partial charge in [-0.3, -0.25) is 10.1 Å². The largest absolute Gasteiger partial charge is 0.364 e. The lowest BCUT2D eigenvalue weighted by Crippen LogP contribution is -2.43. The quantitative estimate of drug-likeness (QED) is 0.475. The van der Waals surface area contributed by atoms with Crippen molar-refractivity contribution in [2.75, 3.05) is 23.7 Å². The van der Waals surface area contributed by atoms with Gasteiger partial charge in [-0.2, -0.15) is 11.8 Å². The van der Waals surface area contributed by atoms with Crippen LogP contribution in [-0.2, 0) is 5.33 Å². The average molecular weight is 345 g/mol. The third-order valence-corrected chi connectivity index (χ3v) is 5.10. The Morgan fingerprint density at radius 1 is 1.53 bits per heavy atom. The van der Waals surface area contributed by atoms with Gasteiger partial charge in [0.2, 0.25) is 0 Å². The lowest BCUT2D eigenvalue weighted by Gasteiger charge is -2.38. The van der Waals surface area contributed by atoms with Crippen LogP contribution >= 0.6 is 27.7 Å². The molecule has 1 aliphatic rings. The van der Waals surface area contributed by atoms with Crippen LogP contribution in [0.15, 0.2) is 18.2 Å². The van der Waals surface area contributed by atoms with Gasteiger partial charge in [0.15, 0.2) is 0 Å². The summed E-state index contributed by atoms with van der Waals surface area (Å²) in [6.45, 7) is 6.07. The zero-order chi connectivity index (χ0) is 14.0. The predicted octanol–water partition coefficient (Wildman–Crippen LogP) is 3.82. The number of nitro groups is 1. The maximum atomic E-state index is 11.3. The maximum Gasteiger partial charge on any atom is 0.292 e. The van der Waals surface area contributed by atoms with Crippen LogP contribution in [0.4, 0.5) is 11.4 Å². The smallest absolute Gasteiger partial charge is 0.292 e. The molecule has 1 aliphatic heterocycles. The van der Waals surface area contributed by atoms with Crippen LogP contribution in [0.3, 0.4) is 0 Å². The molecule has 0 unspecified atom stereocenters. The van der Waals surface area contributed by atoms with Crippen molar-refractivity contribution in [1.82, 2.24) is 0 Å². The number of rotatable bonds is 3. The zero-order valence-corrected chi connectivity index (χ0v) is 13.5. The summed E-state index contributed by atoms with van der Waals surface area (Å²) in [5, 5.41) is 11.9. The van der Waals surface area contributed by atoms with E-state index in [4.69, 9.17) is 0 Å². The highest BCUT2D eigenvalue weighted by Gasteiger charge is 2.30. The highest BCUT2D eigenvalue weighted by Crippen LogP contribution is 2.36. The van der Waals surface area contributed by atoms with E-state index in [0.717, 1.165) is 30.1 Å². The molecule has 1 aromatic carbocycles. The monoisotopic (exact) mass is 344 g/mol. The number of hydrogen-bond acceptors (Lipinski definition) is 4. The van der Waals surface area contributed by atoms with Crippen molar-refractivity contribution >= 4 is 39.1 Å². The van der Waals surface area contributed by atoms with Crippen molar-refractivity contribution in [3.05, 3.63) is 33.9 Å². The van der Waals surface area contributed by atoms with Crippen LogP contribution in [0.5, 0.6) is 0 Å². The van der Waals surface area contributed by atoms with E-state index >= 15 is 0 Å². The lowest BCUT2D eigenvalue weighted by molar-refractivity contribution is -0.384. The van der Waals surface area contributed by atoms with Crippen molar-refractivity contribution in [2.45, 2.75) is 23.9 Å². The van der Waals surface area contributed by atoms with Gasteiger partial charge in [0.1, 0.15) is 5.69 Å². The summed E-state index contributed by atoms with van der Waals surface area (Å²) >= 11 is 5.26. The van der Waals surface area contributed by atoms with Crippen LogP contribution < -0.4 is 4.90 Å². The number of nitro benzene ring substituents is 1. The number of thioether (sulfide) groups is 1. The molecule has 104 valence electrons. The molecule has 1 aromatic rings. The van der Waals surface area contributed by atoms with Crippen molar-refractivity contribution in [2.24, 2.45) is 0 Å². The molecule has 0 aromatic heterocycles. The lowest BCUT2D eigenvalue weighted by atomic mass is 10.1. The molecule has 0 bridgehead atoms. The van der Waals surface area contributed by atoms with Crippen LogP contribution in [0.1, 0.15) is 19.4 Å². The average Bonchev–Trinajstić information content (AvgIpc) is 2.36. The molecule has 1 saturated heterocycles. The van der Waals surface area contributed by atoms with Gasteiger partial charge < -0.3 is 4.90 Å². The first-order valence-electron chi connectivity index (χ1n) is 6.15. The van der Waals surface area contributed by atoms with Crippen LogP contribution in [0.2, 0.25) is 0 Å². The minimum atomic E-state index is -0.282. The van der Waals surface area contributed by atoms with E-state index in [2.05, 4.69) is 34.7 Å². The highest BCUT2D eigenvalue weighted by molar-refractivity contribution is 9.08. The van der Waals surface area contributed by atoms with Crippen LogP contribution in [-0.4, -0.2) is 28.5 Å². The topological polar surface area (TPSA) is 46.4 Å². The van der Waals surface area contributed by atoms with Crippen molar-refractivity contribution < 1.29 is 4.92 Å². The number of alkyl halides is 1. The number of benzene rings is 1. The van der Waals surface area contributed by atoms with E-state index in [1.54, 1.807) is 6.07 Å². The van der Waals surface area contributed by atoms with Crippen molar-refractivity contribution in [3.8, 4) is 0 Å². The predicted molar refractivity (Wildman–Crippen MR) is 84.5 cm³/mol. The molecule has 0 amide bonds. The van der Waals surface area contributed by atoms with E-state index in [1.807, 2.05) is 23.9 Å². The fourth-order valence-corrected chi connectivity index (χ4v) is 3.75. The number of halogens is 1. The normalized spacial score (nSPS) is 18.4. The van der Waals surface area contributed by atoms with E-state index in [-0.39, 0.29) is 15.4 Å². The minimum Gasteiger partial charge on any atom is -0.364 e. The first-order chi connectivity index (χ1) is 8.93. The first-order valence-corrected chi connectivity index (χ1v) is 8.26. The molecule has 0 N–H and O–H groups in total. The van der Waals surface area contributed by atoms with Gasteiger partial charge in [-0.25, -0.2) is 0 Å². The van der Waals surface area contributed by atoms with Crippen LogP contribution in [0.25, 0.3) is 0 Å². The Morgan fingerprint density at radius 2 is 2.26 bits per heavy atom. The van der Waals surface area contributed by atoms with Gasteiger partial charge in [-0.1, -0.05) is 22.0 Å². The molecular formula is C13H17BrN2O2S. The molecular weight excluding hydrogens is 328 g/mol. The Morgan fingerprint density at radius 3 is 2.84 bits per heavy atom. The zero-order valence-electron chi connectivity index (χ0n) is 11.1. The standard InChI is InChI=1S/C13H17BrN2O2S/c1-13(2)9-15(5-6-19-13)11-4-3-10(8-14)7-12(11)16(17)18/h3-4,7H,5-6,8-9H2,1-2H3. The van der Waals surface area contributed by atoms with E-state index < -0.39 is 0 Å². The molecule has 1 fully saturated rings. The summed E-state index contributed by atoms with van der Waals surface area (Å²) in [4.78, 5) is 13.1. The first kappa shape index (κ1) is 14.7. The molecule has 4 nitrogen and oxygen atoms in total. The van der Waals surface area contributed by atoms with Gasteiger partial charge in [0.25, 0.3) is 5.69 Å². The SMILES string of the molecule is CC1(C)CN(c2ccc(CBr)cc2[N+](=O)[O-])CCS1. The molecule has 0 saturated carbocycles. The van der Waals surface area contributed by atoms with Gasteiger partial charge in [-0.05, 0) is 25.5 Å².